The number of thiol groups is 1. The molecule has 2 aromatic rings. The summed E-state index contributed by atoms with van der Waals surface area (Å²) in [5, 5.41) is 0. The van der Waals surface area contributed by atoms with Crippen LogP contribution in [0.1, 0.15) is 36.3 Å². The lowest BCUT2D eigenvalue weighted by atomic mass is 9.81. The van der Waals surface area contributed by atoms with E-state index in [0.717, 1.165) is 44.7 Å². The van der Waals surface area contributed by atoms with Gasteiger partial charge in [-0.3, -0.25) is 4.90 Å². The second-order valence-corrected chi connectivity index (χ2v) is 10.2. The van der Waals surface area contributed by atoms with Crippen molar-refractivity contribution >= 4 is 16.6 Å². The highest BCUT2D eigenvalue weighted by Crippen LogP contribution is 2.42. The first-order valence-corrected chi connectivity index (χ1v) is 13.0. The van der Waals surface area contributed by atoms with Crippen molar-refractivity contribution in [3.63, 3.8) is 0 Å². The fourth-order valence-electron chi connectivity index (χ4n) is 5.32. The van der Waals surface area contributed by atoms with Crippen molar-refractivity contribution in [2.45, 2.75) is 37.6 Å². The van der Waals surface area contributed by atoms with Crippen LogP contribution in [0.15, 0.2) is 48.5 Å². The van der Waals surface area contributed by atoms with E-state index < -0.39 is 10.9 Å². The van der Waals surface area contributed by atoms with Crippen molar-refractivity contribution in [1.82, 2.24) is 9.62 Å². The van der Waals surface area contributed by atoms with Crippen LogP contribution in [0, 0.1) is 5.92 Å². The standard InChI is InChI=1S/C25H33N3O3S/c29-32(30)26-11-4-8-20-16-28(17-20)21-9-10-25-23(15-21)22(14-19-6-2-1-3-7-19)24(18-31-25)27-12-5-13-27/h1-3,6-7,9-10,15,20,22,24,32H,4-5,8,11-14,16-18H2,(H,26,29,30). The zero-order valence-corrected chi connectivity index (χ0v) is 19.4. The van der Waals surface area contributed by atoms with E-state index in [0.29, 0.717) is 24.4 Å². The molecule has 2 atom stereocenters. The molecule has 0 radical (unpaired) electrons. The minimum Gasteiger partial charge on any atom is -0.492 e. The number of benzene rings is 2. The molecule has 172 valence electrons. The average Bonchev–Trinajstić information content (AvgIpc) is 2.73. The largest absolute Gasteiger partial charge is 0.492 e. The highest BCUT2D eigenvalue weighted by molar-refractivity contribution is 7.70. The molecule has 0 bridgehead atoms. The van der Waals surface area contributed by atoms with Crippen molar-refractivity contribution < 1.29 is 13.2 Å². The van der Waals surface area contributed by atoms with Crippen molar-refractivity contribution in [2.75, 3.05) is 44.2 Å². The molecule has 0 amide bonds. The Labute approximate surface area is 192 Å². The van der Waals surface area contributed by atoms with Crippen LogP contribution in [0.5, 0.6) is 5.75 Å². The van der Waals surface area contributed by atoms with Crippen LogP contribution in [0.3, 0.4) is 0 Å². The maximum Gasteiger partial charge on any atom is 0.201 e. The first-order valence-electron chi connectivity index (χ1n) is 11.8. The Morgan fingerprint density at radius 3 is 2.59 bits per heavy atom. The Kier molecular flexibility index (Phi) is 6.67. The Hall–Kier alpha value is -2.09. The summed E-state index contributed by atoms with van der Waals surface area (Å²) in [5.74, 6) is 2.13. The third kappa shape index (κ3) is 4.80. The molecule has 0 aliphatic carbocycles. The number of anilines is 1. The maximum absolute atomic E-state index is 10.6. The Morgan fingerprint density at radius 1 is 1.06 bits per heavy atom. The lowest BCUT2D eigenvalue weighted by molar-refractivity contribution is 0.0502. The molecule has 7 heteroatoms. The first kappa shape index (κ1) is 21.7. The third-order valence-corrected chi connectivity index (χ3v) is 7.76. The topological polar surface area (TPSA) is 61.9 Å². The minimum atomic E-state index is -2.47. The number of nitrogens with one attached hydrogen (secondary N) is 1. The maximum atomic E-state index is 10.6. The highest BCUT2D eigenvalue weighted by Gasteiger charge is 2.38. The molecular formula is C25H33N3O3S. The Bertz CT molecular complexity index is 979. The van der Waals surface area contributed by atoms with Gasteiger partial charge < -0.3 is 9.64 Å². The number of nitrogens with zero attached hydrogens (tertiary/aromatic N) is 2. The summed E-state index contributed by atoms with van der Waals surface area (Å²) >= 11 is 0. The van der Waals surface area contributed by atoms with E-state index in [4.69, 9.17) is 4.74 Å². The summed E-state index contributed by atoms with van der Waals surface area (Å²) in [6.45, 7) is 5.77. The summed E-state index contributed by atoms with van der Waals surface area (Å²) in [6, 6.07) is 18.0. The number of hydrogen-bond acceptors (Lipinski definition) is 5. The minimum absolute atomic E-state index is 0.441. The quantitative estimate of drug-likeness (QED) is 0.450. The first-order chi connectivity index (χ1) is 15.7. The van der Waals surface area contributed by atoms with Gasteiger partial charge in [0.1, 0.15) is 12.4 Å². The van der Waals surface area contributed by atoms with Crippen LogP contribution in [-0.2, 0) is 17.3 Å². The normalized spacial score (nSPS) is 23.3. The molecule has 2 saturated heterocycles. The molecule has 2 unspecified atom stereocenters. The number of likely N-dealkylation sites (tertiary alicyclic amines) is 1. The van der Waals surface area contributed by atoms with Crippen LogP contribution in [0.2, 0.25) is 0 Å². The van der Waals surface area contributed by atoms with Crippen LogP contribution in [0.4, 0.5) is 5.69 Å². The van der Waals surface area contributed by atoms with Gasteiger partial charge in [0.2, 0.25) is 10.9 Å². The molecular weight excluding hydrogens is 422 g/mol. The molecule has 6 nitrogen and oxygen atoms in total. The van der Waals surface area contributed by atoms with E-state index in [1.54, 1.807) is 0 Å². The molecule has 0 aromatic heterocycles. The Morgan fingerprint density at radius 2 is 1.88 bits per heavy atom. The summed E-state index contributed by atoms with van der Waals surface area (Å²) in [4.78, 5) is 5.03. The fourth-order valence-corrected chi connectivity index (χ4v) is 5.66. The summed E-state index contributed by atoms with van der Waals surface area (Å²) in [6.07, 6.45) is 4.29. The molecule has 5 rings (SSSR count). The smallest absolute Gasteiger partial charge is 0.201 e. The van der Waals surface area contributed by atoms with Gasteiger partial charge in [-0.25, -0.2) is 13.1 Å². The van der Waals surface area contributed by atoms with E-state index in [1.165, 1.54) is 36.3 Å². The third-order valence-electron chi connectivity index (χ3n) is 7.28. The number of ether oxygens (including phenoxy) is 1. The second-order valence-electron chi connectivity index (χ2n) is 9.36. The summed E-state index contributed by atoms with van der Waals surface area (Å²) in [7, 11) is -2.47. The van der Waals surface area contributed by atoms with E-state index in [-0.39, 0.29) is 0 Å². The van der Waals surface area contributed by atoms with E-state index in [9.17, 15) is 8.42 Å². The second kappa shape index (κ2) is 9.81. The van der Waals surface area contributed by atoms with Gasteiger partial charge in [0.25, 0.3) is 0 Å². The van der Waals surface area contributed by atoms with Crippen molar-refractivity contribution in [1.29, 1.82) is 0 Å². The average molecular weight is 456 g/mol. The highest BCUT2D eigenvalue weighted by atomic mass is 32.2. The zero-order valence-electron chi connectivity index (χ0n) is 18.5. The predicted octanol–water partition coefficient (Wildman–Crippen LogP) is 2.81. The fraction of sp³-hybridized carbons (Fsp3) is 0.520. The molecule has 0 spiro atoms. The number of hydrogen-bond donors (Lipinski definition) is 2. The van der Waals surface area contributed by atoms with Gasteiger partial charge in [-0.15, -0.1) is 0 Å². The molecule has 1 N–H and O–H groups in total. The van der Waals surface area contributed by atoms with E-state index >= 15 is 0 Å². The lowest BCUT2D eigenvalue weighted by Gasteiger charge is -2.46. The predicted molar refractivity (Wildman–Crippen MR) is 128 cm³/mol. The summed E-state index contributed by atoms with van der Waals surface area (Å²) in [5.41, 5.74) is 4.02. The van der Waals surface area contributed by atoms with E-state index in [1.807, 2.05) is 0 Å². The van der Waals surface area contributed by atoms with Crippen LogP contribution < -0.4 is 14.4 Å². The van der Waals surface area contributed by atoms with Crippen LogP contribution >= 0.6 is 0 Å². The zero-order chi connectivity index (χ0) is 21.9. The molecule has 32 heavy (non-hydrogen) atoms. The van der Waals surface area contributed by atoms with Crippen molar-refractivity contribution in [2.24, 2.45) is 5.92 Å². The molecule has 2 fully saturated rings. The van der Waals surface area contributed by atoms with Gasteiger partial charge in [0.15, 0.2) is 0 Å². The lowest BCUT2D eigenvalue weighted by Crippen LogP contribution is -2.52. The molecule has 3 aliphatic heterocycles. The van der Waals surface area contributed by atoms with E-state index in [2.05, 4.69) is 63.1 Å². The molecule has 3 aliphatic rings. The number of rotatable bonds is 9. The molecule has 3 heterocycles. The van der Waals surface area contributed by atoms with Crippen LogP contribution in [0.25, 0.3) is 0 Å². The molecule has 0 saturated carbocycles. The monoisotopic (exact) mass is 455 g/mol. The number of fused-ring (bicyclic) bond motifs is 1. The van der Waals surface area contributed by atoms with Gasteiger partial charge in [-0.1, -0.05) is 30.3 Å². The van der Waals surface area contributed by atoms with Gasteiger partial charge in [-0.2, -0.15) is 0 Å². The van der Waals surface area contributed by atoms with Gasteiger partial charge >= 0.3 is 0 Å². The summed E-state index contributed by atoms with van der Waals surface area (Å²) < 4.78 is 30.0. The van der Waals surface area contributed by atoms with Gasteiger partial charge in [0, 0.05) is 36.8 Å². The van der Waals surface area contributed by atoms with Crippen LogP contribution in [-0.4, -0.2) is 58.7 Å². The van der Waals surface area contributed by atoms with Crippen molar-refractivity contribution in [3.8, 4) is 5.75 Å². The Balaban J connectivity index is 1.28. The SMILES string of the molecule is O=[SH](=O)NCCCC1CN(c2ccc3c(c2)C(Cc2ccccc2)C(N2CCC2)CO3)C1. The molecule has 2 aromatic carbocycles. The van der Waals surface area contributed by atoms with Gasteiger partial charge in [0.05, 0.1) is 6.04 Å². The van der Waals surface area contributed by atoms with Crippen molar-refractivity contribution in [3.05, 3.63) is 59.7 Å². The van der Waals surface area contributed by atoms with Gasteiger partial charge in [-0.05, 0) is 68.5 Å².